The molecule has 1 aromatic carbocycles. The summed E-state index contributed by atoms with van der Waals surface area (Å²) in [5, 5.41) is 12.2. The van der Waals surface area contributed by atoms with Crippen molar-refractivity contribution in [2.45, 2.75) is 18.9 Å². The van der Waals surface area contributed by atoms with E-state index in [4.69, 9.17) is 5.73 Å². The second-order valence-corrected chi connectivity index (χ2v) is 6.80. The maximum Gasteiger partial charge on any atom is 0.362 e. The van der Waals surface area contributed by atoms with Crippen molar-refractivity contribution in [3.63, 3.8) is 0 Å². The van der Waals surface area contributed by atoms with Gasteiger partial charge in [0.15, 0.2) is 0 Å². The van der Waals surface area contributed by atoms with Gasteiger partial charge in [-0.3, -0.25) is 14.5 Å². The van der Waals surface area contributed by atoms with Crippen LogP contribution in [0.15, 0.2) is 30.3 Å². The van der Waals surface area contributed by atoms with E-state index in [1.807, 2.05) is 6.07 Å². The van der Waals surface area contributed by atoms with Gasteiger partial charge < -0.3 is 16.2 Å². The van der Waals surface area contributed by atoms with Gasteiger partial charge in [0.25, 0.3) is 0 Å². The largest absolute Gasteiger partial charge is 0.481 e. The minimum absolute atomic E-state index is 0.00118. The fraction of sp³-hybridized carbons (Fsp3) is 0.471. The van der Waals surface area contributed by atoms with Crippen LogP contribution in [0, 0.1) is 23.2 Å². The summed E-state index contributed by atoms with van der Waals surface area (Å²) in [5.74, 6) is -4.43. The van der Waals surface area contributed by atoms with E-state index in [-0.39, 0.29) is 12.3 Å². The zero-order valence-corrected chi connectivity index (χ0v) is 13.9. The molecular formula is C17H20N2O6. The lowest BCUT2D eigenvalue weighted by atomic mass is 9.80. The van der Waals surface area contributed by atoms with E-state index in [0.29, 0.717) is 5.69 Å². The quantitative estimate of drug-likeness (QED) is 0.530. The standard InChI is InChI=1S/C17H20N2O6/c1-16-11(12(16)14(21)22)10(8-17(16,18)15(23)25-24-2)13(20)19-9-6-4-3-5-7-9/h3-7,10-12H,8,18H2,1-2H3,(H,19,20)(H,21,22)/t10-,11-,12-,16-,17-/m0/s1. The third-order valence-electron chi connectivity index (χ3n) is 5.69. The van der Waals surface area contributed by atoms with Crippen LogP contribution >= 0.6 is 0 Å². The normalized spacial score (nSPS) is 35.6. The van der Waals surface area contributed by atoms with Crippen molar-refractivity contribution in [3.8, 4) is 0 Å². The molecule has 2 saturated carbocycles. The van der Waals surface area contributed by atoms with Gasteiger partial charge in [-0.2, -0.15) is 4.89 Å². The molecule has 0 unspecified atom stereocenters. The number of rotatable bonds is 5. The molecule has 0 bridgehead atoms. The molecule has 0 saturated heterocycles. The van der Waals surface area contributed by atoms with Gasteiger partial charge in [-0.15, -0.1) is 0 Å². The van der Waals surface area contributed by atoms with Crippen molar-refractivity contribution < 1.29 is 29.3 Å². The molecule has 0 radical (unpaired) electrons. The van der Waals surface area contributed by atoms with Gasteiger partial charge >= 0.3 is 11.9 Å². The molecule has 25 heavy (non-hydrogen) atoms. The highest BCUT2D eigenvalue weighted by Crippen LogP contribution is 2.73. The summed E-state index contributed by atoms with van der Waals surface area (Å²) in [6, 6.07) is 8.81. The lowest BCUT2D eigenvalue weighted by Gasteiger charge is -2.30. The van der Waals surface area contributed by atoms with Crippen LogP contribution in [0.2, 0.25) is 0 Å². The van der Waals surface area contributed by atoms with E-state index in [1.165, 1.54) is 0 Å². The Morgan fingerprint density at radius 2 is 1.92 bits per heavy atom. The van der Waals surface area contributed by atoms with E-state index in [0.717, 1.165) is 7.11 Å². The summed E-state index contributed by atoms with van der Waals surface area (Å²) in [7, 11) is 1.16. The van der Waals surface area contributed by atoms with E-state index >= 15 is 0 Å². The average Bonchev–Trinajstić information content (AvgIpc) is 3.13. The number of nitrogens with one attached hydrogen (secondary N) is 1. The van der Waals surface area contributed by atoms with Gasteiger partial charge in [-0.25, -0.2) is 4.79 Å². The number of amides is 1. The van der Waals surface area contributed by atoms with Gasteiger partial charge in [0.05, 0.1) is 13.0 Å². The molecule has 1 amide bonds. The summed E-state index contributed by atoms with van der Waals surface area (Å²) < 4.78 is 0. The number of carbonyl (C=O) groups is 3. The number of hydrogen-bond acceptors (Lipinski definition) is 6. The van der Waals surface area contributed by atoms with Crippen molar-refractivity contribution in [2.75, 3.05) is 12.4 Å². The third-order valence-corrected chi connectivity index (χ3v) is 5.69. The Morgan fingerprint density at radius 1 is 1.28 bits per heavy atom. The Morgan fingerprint density at radius 3 is 2.48 bits per heavy atom. The van der Waals surface area contributed by atoms with Gasteiger partial charge in [-0.1, -0.05) is 25.1 Å². The first-order valence-electron chi connectivity index (χ1n) is 7.90. The van der Waals surface area contributed by atoms with E-state index in [9.17, 15) is 19.5 Å². The Kier molecular flexibility index (Phi) is 4.04. The van der Waals surface area contributed by atoms with Crippen LogP contribution in [0.1, 0.15) is 13.3 Å². The van der Waals surface area contributed by atoms with Gasteiger partial charge in [-0.05, 0) is 24.5 Å². The van der Waals surface area contributed by atoms with Crippen LogP contribution < -0.4 is 11.1 Å². The lowest BCUT2D eigenvalue weighted by Crippen LogP contribution is -2.55. The number of fused-ring (bicyclic) bond motifs is 1. The summed E-state index contributed by atoms with van der Waals surface area (Å²) in [6.07, 6.45) is -0.00118. The molecule has 8 heteroatoms. The third kappa shape index (κ3) is 2.40. The fourth-order valence-electron chi connectivity index (χ4n) is 4.34. The molecule has 1 aromatic rings. The molecule has 2 aliphatic rings. The monoisotopic (exact) mass is 348 g/mol. The number of nitrogens with two attached hydrogens (primary N) is 1. The molecule has 0 spiro atoms. The molecule has 3 rings (SSSR count). The van der Waals surface area contributed by atoms with Crippen LogP contribution in [0.4, 0.5) is 5.69 Å². The Balaban J connectivity index is 1.88. The Bertz CT molecular complexity index is 723. The van der Waals surface area contributed by atoms with Crippen LogP contribution in [0.5, 0.6) is 0 Å². The number of anilines is 1. The molecular weight excluding hydrogens is 328 g/mol. The number of aliphatic carboxylic acids is 1. The lowest BCUT2D eigenvalue weighted by molar-refractivity contribution is -0.262. The number of para-hydroxylation sites is 1. The number of carboxylic acid groups (broad SMARTS) is 1. The molecule has 8 nitrogen and oxygen atoms in total. The molecule has 5 atom stereocenters. The van der Waals surface area contributed by atoms with Crippen LogP contribution in [0.3, 0.4) is 0 Å². The SMILES string of the molecule is COOC(=O)[C@@]1(N)C[C@H](C(=O)Nc2ccccc2)[C@H]2[C@@H](C(=O)O)[C@]21C. The van der Waals surface area contributed by atoms with Gasteiger partial charge in [0.2, 0.25) is 5.91 Å². The van der Waals surface area contributed by atoms with Gasteiger partial charge in [0.1, 0.15) is 5.54 Å². The number of hydrogen-bond donors (Lipinski definition) is 3. The Hall–Kier alpha value is -2.45. The number of benzene rings is 1. The second-order valence-electron chi connectivity index (χ2n) is 6.80. The first kappa shape index (κ1) is 17.4. The molecule has 0 aromatic heterocycles. The van der Waals surface area contributed by atoms with Crippen molar-refractivity contribution in [1.29, 1.82) is 0 Å². The Labute approximate surface area is 144 Å². The zero-order valence-electron chi connectivity index (χ0n) is 13.9. The van der Waals surface area contributed by atoms with Crippen molar-refractivity contribution >= 4 is 23.5 Å². The zero-order chi connectivity index (χ0) is 18.4. The summed E-state index contributed by atoms with van der Waals surface area (Å²) in [6.45, 7) is 1.61. The highest BCUT2D eigenvalue weighted by molar-refractivity contribution is 5.97. The molecule has 0 heterocycles. The van der Waals surface area contributed by atoms with E-state index in [2.05, 4.69) is 15.1 Å². The highest BCUT2D eigenvalue weighted by atomic mass is 17.2. The van der Waals surface area contributed by atoms with Crippen LogP contribution in [0.25, 0.3) is 0 Å². The smallest absolute Gasteiger partial charge is 0.362 e. The first-order chi connectivity index (χ1) is 11.8. The summed E-state index contributed by atoms with van der Waals surface area (Å²) in [5.41, 5.74) is 4.19. The summed E-state index contributed by atoms with van der Waals surface area (Å²) >= 11 is 0. The molecule has 134 valence electrons. The van der Waals surface area contributed by atoms with Crippen molar-refractivity contribution in [3.05, 3.63) is 30.3 Å². The number of carboxylic acids is 1. The summed E-state index contributed by atoms with van der Waals surface area (Å²) in [4.78, 5) is 45.6. The first-order valence-corrected chi connectivity index (χ1v) is 7.90. The molecule has 4 N–H and O–H groups in total. The fourth-order valence-corrected chi connectivity index (χ4v) is 4.34. The predicted octanol–water partition coefficient (Wildman–Crippen LogP) is 0.784. The minimum Gasteiger partial charge on any atom is -0.481 e. The highest BCUT2D eigenvalue weighted by Gasteiger charge is 2.83. The van der Waals surface area contributed by atoms with Gasteiger partial charge in [0, 0.05) is 17.0 Å². The molecule has 2 fully saturated rings. The van der Waals surface area contributed by atoms with Crippen molar-refractivity contribution in [2.24, 2.45) is 28.9 Å². The van der Waals surface area contributed by atoms with Crippen molar-refractivity contribution in [1.82, 2.24) is 0 Å². The van der Waals surface area contributed by atoms with E-state index in [1.54, 1.807) is 31.2 Å². The van der Waals surface area contributed by atoms with E-state index < -0.39 is 40.6 Å². The second kappa shape index (κ2) is 5.82. The minimum atomic E-state index is -1.60. The van der Waals surface area contributed by atoms with Crippen LogP contribution in [-0.4, -0.2) is 35.6 Å². The topological polar surface area (TPSA) is 128 Å². The maximum atomic E-state index is 12.7. The number of carbonyl (C=O) groups excluding carboxylic acids is 2. The molecule has 0 aliphatic heterocycles. The molecule has 2 aliphatic carbocycles. The maximum absolute atomic E-state index is 12.7. The predicted molar refractivity (Wildman–Crippen MR) is 85.9 cm³/mol. The van der Waals surface area contributed by atoms with Crippen LogP contribution in [-0.2, 0) is 24.2 Å². The average molecular weight is 348 g/mol.